The van der Waals surface area contributed by atoms with Crippen LogP contribution < -0.4 is 20.1 Å². The van der Waals surface area contributed by atoms with Gasteiger partial charge in [0.05, 0.1) is 31.0 Å². The molecular weight excluding hydrogens is 464 g/mol. The fourth-order valence-electron chi connectivity index (χ4n) is 3.50. The third kappa shape index (κ3) is 6.33. The van der Waals surface area contributed by atoms with Crippen molar-refractivity contribution in [2.24, 2.45) is 0 Å². The van der Waals surface area contributed by atoms with Crippen molar-refractivity contribution in [3.05, 3.63) is 78.4 Å². The molecule has 180 valence electrons. The molecule has 0 fully saturated rings. The van der Waals surface area contributed by atoms with E-state index in [1.165, 1.54) is 11.8 Å². The predicted octanol–water partition coefficient (Wildman–Crippen LogP) is 4.10. The molecule has 1 heterocycles. The first-order valence-corrected chi connectivity index (χ1v) is 12.0. The molecule has 0 aliphatic heterocycles. The largest absolute Gasteiger partial charge is 0.497 e. The van der Waals surface area contributed by atoms with Gasteiger partial charge in [0.1, 0.15) is 18.0 Å². The minimum Gasteiger partial charge on any atom is -0.497 e. The maximum atomic E-state index is 12.8. The minimum atomic E-state index is -0.166. The van der Waals surface area contributed by atoms with Gasteiger partial charge < -0.3 is 24.7 Å². The van der Waals surface area contributed by atoms with Gasteiger partial charge in [-0.25, -0.2) is 4.98 Å². The number of nitrogens with zero attached hydrogens (tertiary/aromatic N) is 2. The van der Waals surface area contributed by atoms with Crippen molar-refractivity contribution in [2.45, 2.75) is 18.2 Å². The van der Waals surface area contributed by atoms with Crippen LogP contribution in [-0.2, 0) is 22.7 Å². The van der Waals surface area contributed by atoms with Gasteiger partial charge in [0.15, 0.2) is 5.16 Å². The average molecular weight is 491 g/mol. The number of thioether (sulfide) groups is 1. The third-order valence-electron chi connectivity index (χ3n) is 5.25. The van der Waals surface area contributed by atoms with Crippen LogP contribution in [0.15, 0.2) is 78.0 Å². The average Bonchev–Trinajstić information content (AvgIpc) is 3.24. The molecule has 0 bridgehead atoms. The van der Waals surface area contributed by atoms with Gasteiger partial charge >= 0.3 is 0 Å². The Balaban J connectivity index is 1.41. The second kappa shape index (κ2) is 11.4. The molecule has 0 atom stereocenters. The van der Waals surface area contributed by atoms with Gasteiger partial charge in [-0.15, -0.1) is 0 Å². The number of carbonyl (C=O) groups is 2. The number of benzene rings is 3. The molecule has 2 amide bonds. The quantitative estimate of drug-likeness (QED) is 0.325. The zero-order valence-corrected chi connectivity index (χ0v) is 20.3. The van der Waals surface area contributed by atoms with Crippen LogP contribution in [0.1, 0.15) is 5.56 Å². The van der Waals surface area contributed by atoms with Crippen molar-refractivity contribution in [3.63, 3.8) is 0 Å². The van der Waals surface area contributed by atoms with Crippen LogP contribution in [0.25, 0.3) is 11.0 Å². The fraction of sp³-hybridized carbons (Fsp3) is 0.192. The smallest absolute Gasteiger partial charge is 0.240 e. The summed E-state index contributed by atoms with van der Waals surface area (Å²) in [6.45, 7) is 0.475. The van der Waals surface area contributed by atoms with E-state index in [0.717, 1.165) is 28.1 Å². The van der Waals surface area contributed by atoms with Gasteiger partial charge in [0.25, 0.3) is 0 Å². The molecule has 0 radical (unpaired) electrons. The van der Waals surface area contributed by atoms with E-state index in [0.29, 0.717) is 17.4 Å². The number of hydrogen-bond donors (Lipinski definition) is 2. The Morgan fingerprint density at radius 3 is 2.46 bits per heavy atom. The number of hydrogen-bond acceptors (Lipinski definition) is 6. The van der Waals surface area contributed by atoms with Crippen LogP contribution in [0.3, 0.4) is 0 Å². The molecule has 9 heteroatoms. The van der Waals surface area contributed by atoms with E-state index >= 15 is 0 Å². The zero-order chi connectivity index (χ0) is 24.6. The highest BCUT2D eigenvalue weighted by Crippen LogP contribution is 2.24. The lowest BCUT2D eigenvalue weighted by molar-refractivity contribution is -0.121. The first kappa shape index (κ1) is 24.2. The normalized spacial score (nSPS) is 10.7. The first-order chi connectivity index (χ1) is 17.1. The maximum absolute atomic E-state index is 12.8. The number of amides is 2. The number of ether oxygens (including phenoxy) is 2. The molecule has 3 aromatic carbocycles. The van der Waals surface area contributed by atoms with Crippen molar-refractivity contribution < 1.29 is 19.1 Å². The SMILES string of the molecule is COc1ccc(NC(=O)CSc2nc3ccccc3n2CC(=O)NCc2cccc(OC)c2)cc1. The lowest BCUT2D eigenvalue weighted by atomic mass is 10.2. The highest BCUT2D eigenvalue weighted by atomic mass is 32.2. The number of anilines is 1. The molecule has 0 saturated carbocycles. The summed E-state index contributed by atoms with van der Waals surface area (Å²) in [5, 5.41) is 6.41. The standard InChI is InChI=1S/C26H26N4O4S/c1-33-20-12-10-19(11-13-20)28-25(32)17-35-26-29-22-8-3-4-9-23(22)30(26)16-24(31)27-15-18-6-5-7-21(14-18)34-2/h3-14H,15-17H2,1-2H3,(H,27,31)(H,28,32). The molecule has 0 aliphatic carbocycles. The number of carbonyl (C=O) groups excluding carboxylic acids is 2. The van der Waals surface area contributed by atoms with E-state index in [9.17, 15) is 9.59 Å². The lowest BCUT2D eigenvalue weighted by Crippen LogP contribution is -2.27. The summed E-state index contributed by atoms with van der Waals surface area (Å²) in [5.74, 6) is 1.29. The summed E-state index contributed by atoms with van der Waals surface area (Å²) in [7, 11) is 3.20. The number of nitrogens with one attached hydrogen (secondary N) is 2. The minimum absolute atomic E-state index is 0.0902. The van der Waals surface area contributed by atoms with Crippen molar-refractivity contribution >= 4 is 40.3 Å². The van der Waals surface area contributed by atoms with Crippen molar-refractivity contribution in [1.82, 2.24) is 14.9 Å². The van der Waals surface area contributed by atoms with Crippen LogP contribution in [0, 0.1) is 0 Å². The molecule has 0 spiro atoms. The second-order valence-electron chi connectivity index (χ2n) is 7.66. The summed E-state index contributed by atoms with van der Waals surface area (Å²) in [4.78, 5) is 29.9. The van der Waals surface area contributed by atoms with Gasteiger partial charge in [-0.3, -0.25) is 9.59 Å². The Morgan fingerprint density at radius 1 is 0.914 bits per heavy atom. The van der Waals surface area contributed by atoms with E-state index in [1.54, 1.807) is 38.5 Å². The van der Waals surface area contributed by atoms with Crippen molar-refractivity contribution in [2.75, 3.05) is 25.3 Å². The summed E-state index contributed by atoms with van der Waals surface area (Å²) in [6.07, 6.45) is 0. The van der Waals surface area contributed by atoms with Crippen LogP contribution in [0.4, 0.5) is 5.69 Å². The fourth-order valence-corrected chi connectivity index (χ4v) is 4.31. The Hall–Kier alpha value is -3.98. The Labute approximate surface area is 207 Å². The number of fused-ring (bicyclic) bond motifs is 1. The Bertz CT molecular complexity index is 1320. The molecular formula is C26H26N4O4S. The molecule has 0 unspecified atom stereocenters. The monoisotopic (exact) mass is 490 g/mol. The maximum Gasteiger partial charge on any atom is 0.240 e. The number of aromatic nitrogens is 2. The highest BCUT2D eigenvalue weighted by molar-refractivity contribution is 7.99. The highest BCUT2D eigenvalue weighted by Gasteiger charge is 2.16. The summed E-state index contributed by atoms with van der Waals surface area (Å²) in [6, 6.07) is 22.3. The lowest BCUT2D eigenvalue weighted by Gasteiger charge is -2.11. The number of para-hydroxylation sites is 2. The number of rotatable bonds is 10. The van der Waals surface area contributed by atoms with E-state index in [1.807, 2.05) is 53.1 Å². The van der Waals surface area contributed by atoms with Crippen LogP contribution in [0.2, 0.25) is 0 Å². The van der Waals surface area contributed by atoms with E-state index in [-0.39, 0.29) is 24.1 Å². The van der Waals surface area contributed by atoms with Crippen molar-refractivity contribution in [1.29, 1.82) is 0 Å². The third-order valence-corrected chi connectivity index (χ3v) is 6.23. The molecule has 0 saturated heterocycles. The van der Waals surface area contributed by atoms with Gasteiger partial charge in [0, 0.05) is 12.2 Å². The van der Waals surface area contributed by atoms with E-state index in [2.05, 4.69) is 15.6 Å². The predicted molar refractivity (Wildman–Crippen MR) is 137 cm³/mol. The summed E-state index contributed by atoms with van der Waals surface area (Å²) < 4.78 is 12.2. The Morgan fingerprint density at radius 2 is 1.69 bits per heavy atom. The van der Waals surface area contributed by atoms with Crippen LogP contribution in [-0.4, -0.2) is 41.3 Å². The number of methoxy groups -OCH3 is 2. The number of imidazole rings is 1. The summed E-state index contributed by atoms with van der Waals surface area (Å²) in [5.41, 5.74) is 3.23. The second-order valence-corrected chi connectivity index (χ2v) is 8.61. The summed E-state index contributed by atoms with van der Waals surface area (Å²) >= 11 is 1.29. The zero-order valence-electron chi connectivity index (χ0n) is 19.5. The molecule has 8 nitrogen and oxygen atoms in total. The Kier molecular flexibility index (Phi) is 7.89. The van der Waals surface area contributed by atoms with Crippen LogP contribution >= 0.6 is 11.8 Å². The molecule has 35 heavy (non-hydrogen) atoms. The molecule has 4 aromatic rings. The van der Waals surface area contributed by atoms with Gasteiger partial charge in [-0.1, -0.05) is 36.0 Å². The molecule has 0 aliphatic rings. The van der Waals surface area contributed by atoms with Crippen molar-refractivity contribution in [3.8, 4) is 11.5 Å². The van der Waals surface area contributed by atoms with Gasteiger partial charge in [-0.2, -0.15) is 0 Å². The van der Waals surface area contributed by atoms with E-state index < -0.39 is 0 Å². The molecule has 1 aromatic heterocycles. The molecule has 4 rings (SSSR count). The molecule has 2 N–H and O–H groups in total. The first-order valence-electron chi connectivity index (χ1n) is 11.0. The van der Waals surface area contributed by atoms with Gasteiger partial charge in [0.2, 0.25) is 11.8 Å². The topological polar surface area (TPSA) is 94.5 Å². The van der Waals surface area contributed by atoms with Crippen LogP contribution in [0.5, 0.6) is 11.5 Å². The van der Waals surface area contributed by atoms with Gasteiger partial charge in [-0.05, 0) is 54.1 Å². The van der Waals surface area contributed by atoms with E-state index in [4.69, 9.17) is 9.47 Å².